The van der Waals surface area contributed by atoms with Gasteiger partial charge in [0.2, 0.25) is 0 Å². The molecule has 0 aromatic carbocycles. The van der Waals surface area contributed by atoms with Crippen LogP contribution in [0.2, 0.25) is 0 Å². The summed E-state index contributed by atoms with van der Waals surface area (Å²) >= 11 is 0. The predicted molar refractivity (Wildman–Crippen MR) is 88.4 cm³/mol. The molecule has 24 heavy (non-hydrogen) atoms. The molecule has 126 valence electrons. The van der Waals surface area contributed by atoms with E-state index in [1.54, 1.807) is 12.4 Å². The van der Waals surface area contributed by atoms with Gasteiger partial charge in [-0.1, -0.05) is 6.07 Å². The highest BCUT2D eigenvalue weighted by Gasteiger charge is 2.31. The minimum absolute atomic E-state index is 0.0264. The van der Waals surface area contributed by atoms with E-state index in [4.69, 9.17) is 0 Å². The van der Waals surface area contributed by atoms with Crippen LogP contribution in [0.15, 0.2) is 24.5 Å². The first-order valence-corrected chi connectivity index (χ1v) is 8.63. The number of likely N-dealkylation sites (tertiary alicyclic amines) is 1. The van der Waals surface area contributed by atoms with E-state index >= 15 is 0 Å². The molecular formula is C17H22N6O. The van der Waals surface area contributed by atoms with Crippen molar-refractivity contribution in [1.29, 1.82) is 0 Å². The molecule has 2 aliphatic rings. The van der Waals surface area contributed by atoms with E-state index in [-0.39, 0.29) is 11.9 Å². The molecule has 0 spiro atoms. The summed E-state index contributed by atoms with van der Waals surface area (Å²) in [6.45, 7) is 1.97. The van der Waals surface area contributed by atoms with Gasteiger partial charge in [-0.2, -0.15) is 5.10 Å². The van der Waals surface area contributed by atoms with Gasteiger partial charge in [0.1, 0.15) is 5.82 Å². The summed E-state index contributed by atoms with van der Waals surface area (Å²) in [4.78, 5) is 23.0. The molecular weight excluding hydrogens is 304 g/mol. The number of H-pyrrole nitrogens is 1. The average molecular weight is 326 g/mol. The van der Waals surface area contributed by atoms with Crippen molar-refractivity contribution in [3.05, 3.63) is 41.7 Å². The van der Waals surface area contributed by atoms with Gasteiger partial charge in [0.15, 0.2) is 5.82 Å². The van der Waals surface area contributed by atoms with Crippen LogP contribution in [0.5, 0.6) is 0 Å². The molecule has 2 N–H and O–H groups in total. The maximum absolute atomic E-state index is 12.4. The largest absolute Gasteiger partial charge is 0.334 e. The summed E-state index contributed by atoms with van der Waals surface area (Å²) in [6, 6.07) is 3.81. The highest BCUT2D eigenvalue weighted by molar-refractivity contribution is 5.74. The maximum Gasteiger partial charge on any atom is 0.317 e. The summed E-state index contributed by atoms with van der Waals surface area (Å²) in [6.07, 6.45) is 7.94. The molecule has 1 aliphatic heterocycles. The Morgan fingerprint density at radius 3 is 3.04 bits per heavy atom. The summed E-state index contributed by atoms with van der Waals surface area (Å²) in [5.74, 6) is 2.69. The molecule has 7 nitrogen and oxygen atoms in total. The van der Waals surface area contributed by atoms with Crippen LogP contribution in [-0.2, 0) is 6.54 Å². The molecule has 1 saturated heterocycles. The average Bonchev–Trinajstić information content (AvgIpc) is 3.37. The molecule has 2 aromatic heterocycles. The van der Waals surface area contributed by atoms with Crippen LogP contribution in [0.3, 0.4) is 0 Å². The molecule has 7 heteroatoms. The number of aromatic amines is 1. The fourth-order valence-electron chi connectivity index (χ4n) is 3.17. The molecule has 2 aromatic rings. The maximum atomic E-state index is 12.4. The van der Waals surface area contributed by atoms with Gasteiger partial charge in [0.25, 0.3) is 0 Å². The van der Waals surface area contributed by atoms with Crippen molar-refractivity contribution in [3.63, 3.8) is 0 Å². The number of rotatable bonds is 4. The fourth-order valence-corrected chi connectivity index (χ4v) is 3.17. The van der Waals surface area contributed by atoms with E-state index in [0.717, 1.165) is 36.6 Å². The smallest absolute Gasteiger partial charge is 0.317 e. The van der Waals surface area contributed by atoms with Gasteiger partial charge in [-0.05, 0) is 37.3 Å². The molecule has 1 aliphatic carbocycles. The highest BCUT2D eigenvalue weighted by atomic mass is 16.2. The van der Waals surface area contributed by atoms with Gasteiger partial charge in [-0.3, -0.25) is 10.1 Å². The second kappa shape index (κ2) is 6.59. The van der Waals surface area contributed by atoms with E-state index in [0.29, 0.717) is 19.0 Å². The van der Waals surface area contributed by atoms with Crippen molar-refractivity contribution in [1.82, 2.24) is 30.4 Å². The van der Waals surface area contributed by atoms with Crippen LogP contribution >= 0.6 is 0 Å². The van der Waals surface area contributed by atoms with Crippen molar-refractivity contribution >= 4 is 6.03 Å². The summed E-state index contributed by atoms with van der Waals surface area (Å²) < 4.78 is 0. The third-order valence-electron chi connectivity index (χ3n) is 4.72. The number of piperidine rings is 1. The third-order valence-corrected chi connectivity index (χ3v) is 4.72. The standard InChI is InChI=1S/C17H22N6O/c24-17(19-10-12-3-1-7-18-9-12)23-8-2-4-14(11-23)16-20-15(21-22-16)13-5-6-13/h1,3,7,9,13-14H,2,4-6,8,10-11H2,(H,19,24)(H,20,21,22)/t14-/m0/s1. The fraction of sp³-hybridized carbons (Fsp3) is 0.529. The Balaban J connectivity index is 1.34. The second-order valence-electron chi connectivity index (χ2n) is 6.66. The predicted octanol–water partition coefficient (Wildman–Crippen LogP) is 2.17. The van der Waals surface area contributed by atoms with Gasteiger partial charge in [-0.15, -0.1) is 0 Å². The molecule has 1 saturated carbocycles. The third kappa shape index (κ3) is 3.39. The van der Waals surface area contributed by atoms with Gasteiger partial charge < -0.3 is 10.2 Å². The van der Waals surface area contributed by atoms with Crippen molar-refractivity contribution in [3.8, 4) is 0 Å². The van der Waals surface area contributed by atoms with Crippen molar-refractivity contribution in [2.75, 3.05) is 13.1 Å². The number of nitrogens with zero attached hydrogens (tertiary/aromatic N) is 4. The molecule has 0 bridgehead atoms. The molecule has 4 rings (SSSR count). The number of hydrogen-bond donors (Lipinski definition) is 2. The van der Waals surface area contributed by atoms with Gasteiger partial charge >= 0.3 is 6.03 Å². The lowest BCUT2D eigenvalue weighted by atomic mass is 9.97. The van der Waals surface area contributed by atoms with E-state index < -0.39 is 0 Å². The number of urea groups is 1. The van der Waals surface area contributed by atoms with Crippen LogP contribution in [0.25, 0.3) is 0 Å². The lowest BCUT2D eigenvalue weighted by Gasteiger charge is -2.31. The van der Waals surface area contributed by atoms with Crippen molar-refractivity contribution in [2.24, 2.45) is 0 Å². The number of hydrogen-bond acceptors (Lipinski definition) is 4. The number of carbonyl (C=O) groups excluding carboxylic acids is 1. The zero-order valence-electron chi connectivity index (χ0n) is 13.6. The Kier molecular flexibility index (Phi) is 4.15. The number of aromatic nitrogens is 4. The molecule has 2 fully saturated rings. The van der Waals surface area contributed by atoms with E-state index in [9.17, 15) is 4.79 Å². The zero-order chi connectivity index (χ0) is 16.4. The highest BCUT2D eigenvalue weighted by Crippen LogP contribution is 2.38. The monoisotopic (exact) mass is 326 g/mol. The minimum Gasteiger partial charge on any atom is -0.334 e. The Morgan fingerprint density at radius 1 is 1.33 bits per heavy atom. The van der Waals surface area contributed by atoms with Crippen LogP contribution in [0, 0.1) is 0 Å². The summed E-state index contributed by atoms with van der Waals surface area (Å²) in [5, 5.41) is 10.4. The molecule has 0 radical (unpaired) electrons. The molecule has 2 amide bonds. The number of pyridine rings is 1. The first-order valence-electron chi connectivity index (χ1n) is 8.63. The van der Waals surface area contributed by atoms with Crippen LogP contribution in [0.1, 0.15) is 54.7 Å². The number of amides is 2. The Labute approximate surface area is 140 Å². The summed E-state index contributed by atoms with van der Waals surface area (Å²) in [7, 11) is 0. The summed E-state index contributed by atoms with van der Waals surface area (Å²) in [5.41, 5.74) is 1.00. The quantitative estimate of drug-likeness (QED) is 0.901. The second-order valence-corrected chi connectivity index (χ2v) is 6.66. The Hall–Kier alpha value is -2.44. The van der Waals surface area contributed by atoms with Gasteiger partial charge in [-0.25, -0.2) is 9.78 Å². The SMILES string of the molecule is O=C(NCc1cccnc1)N1CCC[C@H](c2n[nH]c(C3CC3)n2)C1. The van der Waals surface area contributed by atoms with Crippen LogP contribution in [-0.4, -0.2) is 44.2 Å². The molecule has 0 unspecified atom stereocenters. The number of nitrogens with one attached hydrogen (secondary N) is 2. The van der Waals surface area contributed by atoms with Gasteiger partial charge in [0.05, 0.1) is 0 Å². The van der Waals surface area contributed by atoms with E-state index in [1.807, 2.05) is 17.0 Å². The lowest BCUT2D eigenvalue weighted by molar-refractivity contribution is 0.178. The van der Waals surface area contributed by atoms with Crippen molar-refractivity contribution in [2.45, 2.75) is 44.1 Å². The van der Waals surface area contributed by atoms with Gasteiger partial charge in [0, 0.05) is 43.9 Å². The molecule has 1 atom stereocenters. The van der Waals surface area contributed by atoms with Crippen LogP contribution < -0.4 is 5.32 Å². The Morgan fingerprint density at radius 2 is 2.25 bits per heavy atom. The number of carbonyl (C=O) groups is 1. The Bertz CT molecular complexity index is 696. The minimum atomic E-state index is -0.0264. The van der Waals surface area contributed by atoms with Crippen molar-refractivity contribution < 1.29 is 4.79 Å². The zero-order valence-corrected chi connectivity index (χ0v) is 13.6. The first kappa shape index (κ1) is 15.1. The van der Waals surface area contributed by atoms with E-state index in [2.05, 4.69) is 25.5 Å². The normalized spacial score (nSPS) is 20.8. The van der Waals surface area contributed by atoms with Crippen LogP contribution in [0.4, 0.5) is 4.79 Å². The molecule has 3 heterocycles. The lowest BCUT2D eigenvalue weighted by Crippen LogP contribution is -2.44. The topological polar surface area (TPSA) is 86.8 Å². The van der Waals surface area contributed by atoms with E-state index in [1.165, 1.54) is 12.8 Å². The first-order chi connectivity index (χ1) is 11.8.